The highest BCUT2D eigenvalue weighted by molar-refractivity contribution is 9.10. The van der Waals surface area contributed by atoms with Crippen LogP contribution in [0.5, 0.6) is 0 Å². The van der Waals surface area contributed by atoms with Crippen molar-refractivity contribution in [2.45, 2.75) is 33.1 Å². The van der Waals surface area contributed by atoms with Gasteiger partial charge in [0.25, 0.3) is 0 Å². The van der Waals surface area contributed by atoms with E-state index in [1.165, 1.54) is 12.8 Å². The van der Waals surface area contributed by atoms with E-state index in [1.807, 2.05) is 25.1 Å². The summed E-state index contributed by atoms with van der Waals surface area (Å²) in [7, 11) is 0. The monoisotopic (exact) mass is 338 g/mol. The number of anilines is 1. The maximum absolute atomic E-state index is 12.2. The van der Waals surface area contributed by atoms with Gasteiger partial charge in [-0.3, -0.25) is 4.79 Å². The fourth-order valence-corrected chi connectivity index (χ4v) is 3.11. The summed E-state index contributed by atoms with van der Waals surface area (Å²) in [6, 6.07) is 5.99. The molecule has 0 spiro atoms. The van der Waals surface area contributed by atoms with Gasteiger partial charge in [-0.1, -0.05) is 13.0 Å². The third-order valence-corrected chi connectivity index (χ3v) is 4.73. The zero-order valence-electron chi connectivity index (χ0n) is 12.2. The first-order chi connectivity index (χ1) is 9.56. The van der Waals surface area contributed by atoms with E-state index in [9.17, 15) is 4.79 Å². The van der Waals surface area contributed by atoms with Crippen molar-refractivity contribution in [3.63, 3.8) is 0 Å². The summed E-state index contributed by atoms with van der Waals surface area (Å²) in [6.45, 7) is 6.37. The van der Waals surface area contributed by atoms with Crippen LogP contribution in [0.2, 0.25) is 0 Å². The maximum Gasteiger partial charge on any atom is 0.224 e. The SMILES string of the molecule is Cc1ccc(Br)c(NC(=O)CC(C)C2CCCNC2)c1. The topological polar surface area (TPSA) is 41.1 Å². The Balaban J connectivity index is 1.89. The molecule has 1 aromatic carbocycles. The molecule has 110 valence electrons. The molecule has 2 rings (SSSR count). The van der Waals surface area contributed by atoms with E-state index in [0.29, 0.717) is 18.3 Å². The van der Waals surface area contributed by atoms with Gasteiger partial charge in [0.05, 0.1) is 5.69 Å². The third-order valence-electron chi connectivity index (χ3n) is 4.04. The minimum Gasteiger partial charge on any atom is -0.325 e. The molecule has 1 heterocycles. The van der Waals surface area contributed by atoms with E-state index in [4.69, 9.17) is 0 Å². The standard InChI is InChI=1S/C16H23BrN2O/c1-11-5-6-14(17)15(8-11)19-16(20)9-12(2)13-4-3-7-18-10-13/h5-6,8,12-13,18H,3-4,7,9-10H2,1-2H3,(H,19,20). The van der Waals surface area contributed by atoms with E-state index >= 15 is 0 Å². The number of hydrogen-bond donors (Lipinski definition) is 2. The van der Waals surface area contributed by atoms with Crippen molar-refractivity contribution in [3.8, 4) is 0 Å². The van der Waals surface area contributed by atoms with E-state index in [-0.39, 0.29) is 5.91 Å². The molecular weight excluding hydrogens is 316 g/mol. The van der Waals surface area contributed by atoms with Crippen LogP contribution in [0.25, 0.3) is 0 Å². The number of amides is 1. The highest BCUT2D eigenvalue weighted by Crippen LogP contribution is 2.26. The van der Waals surface area contributed by atoms with Gasteiger partial charge in [0, 0.05) is 10.9 Å². The molecule has 0 saturated carbocycles. The minimum atomic E-state index is 0.106. The molecule has 0 aromatic heterocycles. The van der Waals surface area contributed by atoms with Crippen molar-refractivity contribution >= 4 is 27.5 Å². The van der Waals surface area contributed by atoms with Crippen LogP contribution >= 0.6 is 15.9 Å². The molecule has 1 aliphatic rings. The molecule has 1 aliphatic heterocycles. The minimum absolute atomic E-state index is 0.106. The van der Waals surface area contributed by atoms with Crippen LogP contribution in [-0.4, -0.2) is 19.0 Å². The fourth-order valence-electron chi connectivity index (χ4n) is 2.76. The Hall–Kier alpha value is -0.870. The molecule has 0 bridgehead atoms. The first kappa shape index (κ1) is 15.5. The number of halogens is 1. The Labute approximate surface area is 129 Å². The molecule has 4 heteroatoms. The Kier molecular flexibility index (Phi) is 5.61. The van der Waals surface area contributed by atoms with Crippen molar-refractivity contribution in [1.29, 1.82) is 0 Å². The molecule has 0 radical (unpaired) electrons. The van der Waals surface area contributed by atoms with Crippen LogP contribution in [0, 0.1) is 18.8 Å². The number of nitrogens with one attached hydrogen (secondary N) is 2. The normalized spacial score (nSPS) is 20.4. The summed E-state index contributed by atoms with van der Waals surface area (Å²) in [4.78, 5) is 12.2. The highest BCUT2D eigenvalue weighted by atomic mass is 79.9. The maximum atomic E-state index is 12.2. The molecule has 0 aliphatic carbocycles. The second-order valence-electron chi connectivity index (χ2n) is 5.82. The zero-order valence-corrected chi connectivity index (χ0v) is 13.8. The predicted molar refractivity (Wildman–Crippen MR) is 86.9 cm³/mol. The molecule has 2 atom stereocenters. The van der Waals surface area contributed by atoms with Gasteiger partial charge in [-0.15, -0.1) is 0 Å². The van der Waals surface area contributed by atoms with Crippen molar-refractivity contribution in [2.24, 2.45) is 11.8 Å². The lowest BCUT2D eigenvalue weighted by molar-refractivity contribution is -0.117. The average molecular weight is 339 g/mol. The number of rotatable bonds is 4. The molecule has 20 heavy (non-hydrogen) atoms. The lowest BCUT2D eigenvalue weighted by atomic mass is 9.85. The number of aryl methyl sites for hydroxylation is 1. The summed E-state index contributed by atoms with van der Waals surface area (Å²) in [5.74, 6) is 1.15. The van der Waals surface area contributed by atoms with Crippen molar-refractivity contribution in [2.75, 3.05) is 18.4 Å². The van der Waals surface area contributed by atoms with E-state index in [2.05, 4.69) is 33.5 Å². The first-order valence-corrected chi connectivity index (χ1v) is 8.12. The first-order valence-electron chi connectivity index (χ1n) is 7.33. The van der Waals surface area contributed by atoms with Crippen LogP contribution in [0.1, 0.15) is 31.7 Å². The van der Waals surface area contributed by atoms with Crippen molar-refractivity contribution < 1.29 is 4.79 Å². The molecule has 1 fully saturated rings. The second kappa shape index (κ2) is 7.23. The van der Waals surface area contributed by atoms with Crippen LogP contribution in [0.15, 0.2) is 22.7 Å². The Bertz CT molecular complexity index is 470. The number of piperidine rings is 1. The molecular formula is C16H23BrN2O. The average Bonchev–Trinajstić information content (AvgIpc) is 2.43. The summed E-state index contributed by atoms with van der Waals surface area (Å²) >= 11 is 3.48. The highest BCUT2D eigenvalue weighted by Gasteiger charge is 2.22. The Morgan fingerprint density at radius 1 is 1.55 bits per heavy atom. The van der Waals surface area contributed by atoms with Crippen molar-refractivity contribution in [1.82, 2.24) is 5.32 Å². The van der Waals surface area contributed by atoms with Crippen LogP contribution < -0.4 is 10.6 Å². The molecule has 3 nitrogen and oxygen atoms in total. The van der Waals surface area contributed by atoms with Gasteiger partial charge >= 0.3 is 0 Å². The van der Waals surface area contributed by atoms with Gasteiger partial charge in [0.1, 0.15) is 0 Å². The van der Waals surface area contributed by atoms with Gasteiger partial charge in [-0.05, 0) is 78.3 Å². The number of carbonyl (C=O) groups excluding carboxylic acids is 1. The van der Waals surface area contributed by atoms with Gasteiger partial charge in [-0.2, -0.15) is 0 Å². The largest absolute Gasteiger partial charge is 0.325 e. The summed E-state index contributed by atoms with van der Waals surface area (Å²) < 4.78 is 0.934. The lowest BCUT2D eigenvalue weighted by Gasteiger charge is -2.28. The summed E-state index contributed by atoms with van der Waals surface area (Å²) in [5, 5.41) is 6.43. The molecule has 2 unspecified atom stereocenters. The van der Waals surface area contributed by atoms with Crippen molar-refractivity contribution in [3.05, 3.63) is 28.2 Å². The van der Waals surface area contributed by atoms with Crippen LogP contribution in [0.3, 0.4) is 0 Å². The van der Waals surface area contributed by atoms with Gasteiger partial charge in [0.15, 0.2) is 0 Å². The van der Waals surface area contributed by atoms with Crippen LogP contribution in [0.4, 0.5) is 5.69 Å². The smallest absolute Gasteiger partial charge is 0.224 e. The molecule has 1 aromatic rings. The number of benzene rings is 1. The summed E-state index contributed by atoms with van der Waals surface area (Å²) in [6.07, 6.45) is 3.04. The Morgan fingerprint density at radius 3 is 3.05 bits per heavy atom. The molecule has 1 amide bonds. The summed E-state index contributed by atoms with van der Waals surface area (Å²) in [5.41, 5.74) is 2.01. The molecule has 1 saturated heterocycles. The Morgan fingerprint density at radius 2 is 2.35 bits per heavy atom. The third kappa shape index (κ3) is 4.32. The van der Waals surface area contributed by atoms with E-state index < -0.39 is 0 Å². The van der Waals surface area contributed by atoms with Crippen LogP contribution in [-0.2, 0) is 4.79 Å². The van der Waals surface area contributed by atoms with E-state index in [1.54, 1.807) is 0 Å². The fraction of sp³-hybridized carbons (Fsp3) is 0.562. The number of carbonyl (C=O) groups is 1. The molecule has 2 N–H and O–H groups in total. The van der Waals surface area contributed by atoms with E-state index in [0.717, 1.165) is 28.8 Å². The zero-order chi connectivity index (χ0) is 14.5. The van der Waals surface area contributed by atoms with Gasteiger partial charge in [-0.25, -0.2) is 0 Å². The quantitative estimate of drug-likeness (QED) is 0.878. The van der Waals surface area contributed by atoms with Gasteiger partial charge < -0.3 is 10.6 Å². The number of hydrogen-bond acceptors (Lipinski definition) is 2. The van der Waals surface area contributed by atoms with Gasteiger partial charge in [0.2, 0.25) is 5.91 Å². The second-order valence-corrected chi connectivity index (χ2v) is 6.67. The predicted octanol–water partition coefficient (Wildman–Crippen LogP) is 3.72. The lowest BCUT2D eigenvalue weighted by Crippen LogP contribution is -2.34.